The first-order valence-corrected chi connectivity index (χ1v) is 10.7. The zero-order valence-corrected chi connectivity index (χ0v) is 18.1. The molecule has 5 rings (SSSR count). The molecule has 0 bridgehead atoms. The fraction of sp³-hybridized carbons (Fsp3) is 0.348. The molecule has 1 aromatic heterocycles. The molecule has 2 aliphatic rings. The average Bonchev–Trinajstić information content (AvgIpc) is 3.31. The number of nitrogens with zero attached hydrogens (tertiary/aromatic N) is 2. The second-order valence-electron chi connectivity index (χ2n) is 8.28. The summed E-state index contributed by atoms with van der Waals surface area (Å²) in [5.41, 5.74) is -0.754. The van der Waals surface area contributed by atoms with Crippen LogP contribution in [-0.4, -0.2) is 21.2 Å². The molecular formula is C23H18F6N2O4. The third-order valence-electron chi connectivity index (χ3n) is 5.87. The zero-order valence-electron chi connectivity index (χ0n) is 18.1. The highest BCUT2D eigenvalue weighted by Gasteiger charge is 2.44. The number of ether oxygens (including phenoxy) is 3. The van der Waals surface area contributed by atoms with E-state index in [2.05, 4.69) is 14.6 Å². The SMILES string of the molecule is C[C@H](Oc1cc(-n2nc(C(F)(F)F)c3c2[C@H](O)CCC3)ccc1F)c1ccc2c(c1)OC(F)(F)O2. The Morgan fingerprint density at radius 1 is 1.14 bits per heavy atom. The Morgan fingerprint density at radius 3 is 2.63 bits per heavy atom. The lowest BCUT2D eigenvalue weighted by Crippen LogP contribution is -2.25. The highest BCUT2D eigenvalue weighted by Crippen LogP contribution is 2.43. The summed E-state index contributed by atoms with van der Waals surface area (Å²) in [6.45, 7) is 1.53. The van der Waals surface area contributed by atoms with Gasteiger partial charge in [-0.15, -0.1) is 8.78 Å². The predicted molar refractivity (Wildman–Crippen MR) is 108 cm³/mol. The van der Waals surface area contributed by atoms with E-state index in [1.807, 2.05) is 0 Å². The van der Waals surface area contributed by atoms with Gasteiger partial charge in [0.1, 0.15) is 6.10 Å². The van der Waals surface area contributed by atoms with E-state index in [0.29, 0.717) is 12.0 Å². The van der Waals surface area contributed by atoms with Gasteiger partial charge in [0.25, 0.3) is 0 Å². The molecule has 6 nitrogen and oxygen atoms in total. The van der Waals surface area contributed by atoms with Crippen LogP contribution in [0.5, 0.6) is 17.2 Å². The second kappa shape index (κ2) is 8.08. The first-order chi connectivity index (χ1) is 16.4. The van der Waals surface area contributed by atoms with Crippen molar-refractivity contribution in [1.82, 2.24) is 9.78 Å². The highest BCUT2D eigenvalue weighted by molar-refractivity contribution is 5.47. The molecule has 35 heavy (non-hydrogen) atoms. The van der Waals surface area contributed by atoms with Crippen LogP contribution in [0.2, 0.25) is 0 Å². The number of hydrogen-bond acceptors (Lipinski definition) is 5. The van der Waals surface area contributed by atoms with Crippen molar-refractivity contribution in [2.24, 2.45) is 0 Å². The third kappa shape index (κ3) is 4.26. The van der Waals surface area contributed by atoms with Crippen LogP contribution in [0.25, 0.3) is 5.69 Å². The summed E-state index contributed by atoms with van der Waals surface area (Å²) in [6, 6.07) is 7.36. The van der Waals surface area contributed by atoms with Crippen molar-refractivity contribution in [2.75, 3.05) is 0 Å². The molecule has 3 aromatic rings. The first-order valence-electron chi connectivity index (χ1n) is 10.7. The maximum absolute atomic E-state index is 14.6. The van der Waals surface area contributed by atoms with E-state index >= 15 is 0 Å². The molecule has 1 aliphatic carbocycles. The topological polar surface area (TPSA) is 65.7 Å². The van der Waals surface area contributed by atoms with Gasteiger partial charge in [-0.3, -0.25) is 0 Å². The fourth-order valence-electron chi connectivity index (χ4n) is 4.28. The average molecular weight is 500 g/mol. The summed E-state index contributed by atoms with van der Waals surface area (Å²) in [4.78, 5) is 0. The van der Waals surface area contributed by atoms with Gasteiger partial charge in [-0.05, 0) is 56.0 Å². The number of halogens is 6. The van der Waals surface area contributed by atoms with Gasteiger partial charge < -0.3 is 19.3 Å². The Bertz CT molecular complexity index is 1290. The van der Waals surface area contributed by atoms with Crippen molar-refractivity contribution in [3.8, 4) is 22.9 Å². The summed E-state index contributed by atoms with van der Waals surface area (Å²) in [7, 11) is 0. The minimum absolute atomic E-state index is 0.00545. The van der Waals surface area contributed by atoms with Crippen molar-refractivity contribution >= 4 is 0 Å². The Balaban J connectivity index is 1.48. The maximum Gasteiger partial charge on any atom is 0.586 e. The number of hydrogen-bond donors (Lipinski definition) is 1. The molecule has 2 aromatic carbocycles. The number of alkyl halides is 5. The number of benzene rings is 2. The van der Waals surface area contributed by atoms with Crippen molar-refractivity contribution in [3.05, 3.63) is 64.7 Å². The van der Waals surface area contributed by atoms with Gasteiger partial charge in [0, 0.05) is 11.6 Å². The number of aliphatic hydroxyl groups is 1. The van der Waals surface area contributed by atoms with Crippen molar-refractivity contribution < 1.29 is 45.7 Å². The highest BCUT2D eigenvalue weighted by atomic mass is 19.4. The van der Waals surface area contributed by atoms with Crippen LogP contribution in [0.15, 0.2) is 36.4 Å². The lowest BCUT2D eigenvalue weighted by Gasteiger charge is -2.21. The largest absolute Gasteiger partial charge is 0.586 e. The summed E-state index contributed by atoms with van der Waals surface area (Å²) < 4.78 is 97.2. The van der Waals surface area contributed by atoms with Crippen molar-refractivity contribution in [2.45, 2.75) is 50.9 Å². The Labute approximate surface area is 194 Å². The molecule has 0 unspecified atom stereocenters. The fourth-order valence-corrected chi connectivity index (χ4v) is 4.28. The van der Waals surface area contributed by atoms with Gasteiger partial charge in [0.05, 0.1) is 17.5 Å². The first kappa shape index (κ1) is 23.3. The maximum atomic E-state index is 14.6. The van der Waals surface area contributed by atoms with Crippen LogP contribution in [0.4, 0.5) is 26.3 Å². The third-order valence-corrected chi connectivity index (χ3v) is 5.87. The molecule has 0 fully saturated rings. The number of fused-ring (bicyclic) bond motifs is 2. The molecule has 0 saturated heterocycles. The van der Waals surface area contributed by atoms with E-state index in [-0.39, 0.29) is 47.0 Å². The van der Waals surface area contributed by atoms with E-state index in [0.717, 1.165) is 10.7 Å². The van der Waals surface area contributed by atoms with Gasteiger partial charge in [0.2, 0.25) is 0 Å². The number of aromatic nitrogens is 2. The van der Waals surface area contributed by atoms with E-state index in [9.17, 15) is 31.4 Å². The van der Waals surface area contributed by atoms with Crippen LogP contribution < -0.4 is 14.2 Å². The minimum atomic E-state index is -4.73. The summed E-state index contributed by atoms with van der Waals surface area (Å²) >= 11 is 0. The Morgan fingerprint density at radius 2 is 1.89 bits per heavy atom. The normalized spacial score (nSPS) is 19.4. The lowest BCUT2D eigenvalue weighted by molar-refractivity contribution is -0.286. The van der Waals surface area contributed by atoms with Crippen LogP contribution in [0, 0.1) is 5.82 Å². The molecule has 1 N–H and O–H groups in total. The quantitative estimate of drug-likeness (QED) is 0.455. The van der Waals surface area contributed by atoms with Crippen LogP contribution in [0.1, 0.15) is 54.5 Å². The van der Waals surface area contributed by atoms with E-state index in [1.54, 1.807) is 0 Å². The molecule has 2 heterocycles. The molecule has 0 spiro atoms. The predicted octanol–water partition coefficient (Wildman–Crippen LogP) is 5.86. The smallest absolute Gasteiger partial charge is 0.483 e. The molecule has 0 saturated carbocycles. The van der Waals surface area contributed by atoms with Crippen LogP contribution in [-0.2, 0) is 12.6 Å². The monoisotopic (exact) mass is 500 g/mol. The number of aliphatic hydroxyl groups excluding tert-OH is 1. The van der Waals surface area contributed by atoms with Crippen LogP contribution in [0.3, 0.4) is 0 Å². The van der Waals surface area contributed by atoms with Gasteiger partial charge in [-0.1, -0.05) is 6.07 Å². The lowest BCUT2D eigenvalue weighted by atomic mass is 9.93. The molecule has 0 amide bonds. The molecule has 12 heteroatoms. The molecular weight excluding hydrogens is 482 g/mol. The summed E-state index contributed by atoms with van der Waals surface area (Å²) in [5, 5.41) is 14.1. The Kier molecular flexibility index (Phi) is 5.38. The molecule has 2 atom stereocenters. The van der Waals surface area contributed by atoms with E-state index in [1.165, 1.54) is 37.3 Å². The van der Waals surface area contributed by atoms with Gasteiger partial charge in [-0.2, -0.15) is 18.3 Å². The molecule has 1 aliphatic heterocycles. The van der Waals surface area contributed by atoms with Crippen LogP contribution >= 0.6 is 0 Å². The van der Waals surface area contributed by atoms with E-state index in [4.69, 9.17) is 4.74 Å². The van der Waals surface area contributed by atoms with Gasteiger partial charge in [-0.25, -0.2) is 9.07 Å². The standard InChI is InChI=1S/C23H18F6N2O4/c1-11(12-5-8-17-19(9-12)35-23(28,29)34-17)33-18-10-13(6-7-15(18)24)31-20-14(3-2-4-16(20)32)21(30-31)22(25,26)27/h5-11,16,32H,2-4H2,1H3/t11-,16+/m0/s1. The summed E-state index contributed by atoms with van der Waals surface area (Å²) in [5.74, 6) is -1.48. The summed E-state index contributed by atoms with van der Waals surface area (Å²) in [6.07, 6.45) is -9.80. The molecule has 0 radical (unpaired) electrons. The van der Waals surface area contributed by atoms with Gasteiger partial charge in [0.15, 0.2) is 28.8 Å². The minimum Gasteiger partial charge on any atom is -0.483 e. The second-order valence-corrected chi connectivity index (χ2v) is 8.28. The van der Waals surface area contributed by atoms with Crippen molar-refractivity contribution in [3.63, 3.8) is 0 Å². The van der Waals surface area contributed by atoms with Crippen molar-refractivity contribution in [1.29, 1.82) is 0 Å². The Hall–Kier alpha value is -3.41. The van der Waals surface area contributed by atoms with E-state index < -0.39 is 36.2 Å². The zero-order chi connectivity index (χ0) is 25.1. The van der Waals surface area contributed by atoms with Gasteiger partial charge >= 0.3 is 12.5 Å². The number of rotatable bonds is 4. The molecule has 186 valence electrons.